The topological polar surface area (TPSA) is 38.3 Å². The molecule has 3 heteroatoms. The van der Waals surface area contributed by atoms with E-state index in [-0.39, 0.29) is 11.8 Å². The Hall–Kier alpha value is -1.35. The molecule has 1 fully saturated rings. The molecule has 1 unspecified atom stereocenters. The van der Waals surface area contributed by atoms with E-state index >= 15 is 0 Å². The van der Waals surface area contributed by atoms with Gasteiger partial charge in [0.2, 0.25) is 0 Å². The van der Waals surface area contributed by atoms with Gasteiger partial charge in [0.15, 0.2) is 5.78 Å². The van der Waals surface area contributed by atoms with Crippen molar-refractivity contribution in [3.05, 3.63) is 29.8 Å². The van der Waals surface area contributed by atoms with Gasteiger partial charge in [-0.05, 0) is 50.1 Å². The zero-order valence-electron chi connectivity index (χ0n) is 11.7. The van der Waals surface area contributed by atoms with Crippen molar-refractivity contribution in [2.45, 2.75) is 45.1 Å². The number of carbonyl (C=O) groups excluding carboxylic acids is 1. The van der Waals surface area contributed by atoms with Crippen molar-refractivity contribution in [3.8, 4) is 5.75 Å². The molecule has 1 aromatic rings. The lowest BCUT2D eigenvalue weighted by Crippen LogP contribution is -2.35. The van der Waals surface area contributed by atoms with Crippen LogP contribution in [0.25, 0.3) is 0 Å². The SMILES string of the molecule is CCCOc1ccc(C(=O)C2CCCCCN2)cc1. The Morgan fingerprint density at radius 1 is 1.26 bits per heavy atom. The number of Topliss-reactive ketones (excluding diaryl/α,β-unsaturated/α-hetero) is 1. The minimum Gasteiger partial charge on any atom is -0.494 e. The van der Waals surface area contributed by atoms with Crippen LogP contribution in [0.2, 0.25) is 0 Å². The Morgan fingerprint density at radius 3 is 2.79 bits per heavy atom. The van der Waals surface area contributed by atoms with Crippen molar-refractivity contribution in [3.63, 3.8) is 0 Å². The van der Waals surface area contributed by atoms with Gasteiger partial charge in [0.25, 0.3) is 0 Å². The maximum absolute atomic E-state index is 12.4. The summed E-state index contributed by atoms with van der Waals surface area (Å²) in [5.41, 5.74) is 0.781. The van der Waals surface area contributed by atoms with Gasteiger partial charge in [-0.2, -0.15) is 0 Å². The van der Waals surface area contributed by atoms with E-state index in [1.165, 1.54) is 12.8 Å². The molecule has 3 nitrogen and oxygen atoms in total. The Kier molecular flexibility index (Phi) is 5.40. The minimum absolute atomic E-state index is 0.00934. The first-order valence-corrected chi connectivity index (χ1v) is 7.31. The van der Waals surface area contributed by atoms with Gasteiger partial charge < -0.3 is 10.1 Å². The third-order valence-corrected chi connectivity index (χ3v) is 3.49. The van der Waals surface area contributed by atoms with E-state index in [1.807, 2.05) is 24.3 Å². The smallest absolute Gasteiger partial charge is 0.179 e. The van der Waals surface area contributed by atoms with E-state index in [0.29, 0.717) is 0 Å². The standard InChI is InChI=1S/C16H23NO2/c1-2-12-19-14-9-7-13(8-10-14)16(18)15-6-4-3-5-11-17-15/h7-10,15,17H,2-6,11-12H2,1H3. The van der Waals surface area contributed by atoms with Crippen molar-refractivity contribution < 1.29 is 9.53 Å². The number of benzene rings is 1. The summed E-state index contributed by atoms with van der Waals surface area (Å²) >= 11 is 0. The fraction of sp³-hybridized carbons (Fsp3) is 0.562. The molecule has 1 N–H and O–H groups in total. The van der Waals surface area contributed by atoms with Crippen molar-refractivity contribution in [1.82, 2.24) is 5.32 Å². The Labute approximate surface area is 115 Å². The Bertz CT molecular complexity index is 392. The Morgan fingerprint density at radius 2 is 2.05 bits per heavy atom. The van der Waals surface area contributed by atoms with Crippen LogP contribution in [-0.4, -0.2) is 25.0 Å². The van der Waals surface area contributed by atoms with Gasteiger partial charge in [0.1, 0.15) is 5.75 Å². The lowest BCUT2D eigenvalue weighted by molar-refractivity contribution is 0.0940. The molecule has 1 saturated heterocycles. The number of ketones is 1. The second-order valence-electron chi connectivity index (χ2n) is 5.09. The maximum atomic E-state index is 12.4. The van der Waals surface area contributed by atoms with Crippen LogP contribution in [0.5, 0.6) is 5.75 Å². The number of rotatable bonds is 5. The lowest BCUT2D eigenvalue weighted by atomic mass is 10.0. The van der Waals surface area contributed by atoms with Crippen LogP contribution in [0.1, 0.15) is 49.4 Å². The van der Waals surface area contributed by atoms with Crippen LogP contribution in [0.4, 0.5) is 0 Å². The second kappa shape index (κ2) is 7.29. The van der Waals surface area contributed by atoms with E-state index in [1.54, 1.807) is 0 Å². The normalized spacial score (nSPS) is 19.7. The molecule has 1 atom stereocenters. The van der Waals surface area contributed by atoms with Crippen LogP contribution < -0.4 is 10.1 Å². The molecular weight excluding hydrogens is 238 g/mol. The van der Waals surface area contributed by atoms with Crippen LogP contribution in [0.15, 0.2) is 24.3 Å². The summed E-state index contributed by atoms with van der Waals surface area (Å²) in [5.74, 6) is 1.05. The predicted molar refractivity (Wildman–Crippen MR) is 76.8 cm³/mol. The molecule has 0 bridgehead atoms. The highest BCUT2D eigenvalue weighted by Gasteiger charge is 2.20. The Balaban J connectivity index is 1.98. The van der Waals surface area contributed by atoms with Crippen molar-refractivity contribution >= 4 is 5.78 Å². The van der Waals surface area contributed by atoms with Crippen molar-refractivity contribution in [2.75, 3.05) is 13.2 Å². The van der Waals surface area contributed by atoms with E-state index in [2.05, 4.69) is 12.2 Å². The lowest BCUT2D eigenvalue weighted by Gasteiger charge is -2.14. The van der Waals surface area contributed by atoms with E-state index < -0.39 is 0 Å². The first-order valence-electron chi connectivity index (χ1n) is 7.31. The third-order valence-electron chi connectivity index (χ3n) is 3.49. The highest BCUT2D eigenvalue weighted by atomic mass is 16.5. The molecule has 19 heavy (non-hydrogen) atoms. The fourth-order valence-corrected chi connectivity index (χ4v) is 2.39. The molecule has 0 spiro atoms. The third kappa shape index (κ3) is 4.06. The van der Waals surface area contributed by atoms with Crippen molar-refractivity contribution in [2.24, 2.45) is 0 Å². The number of hydrogen-bond acceptors (Lipinski definition) is 3. The monoisotopic (exact) mass is 261 g/mol. The van der Waals surface area contributed by atoms with Gasteiger partial charge >= 0.3 is 0 Å². The highest BCUT2D eigenvalue weighted by Crippen LogP contribution is 2.17. The summed E-state index contributed by atoms with van der Waals surface area (Å²) in [4.78, 5) is 12.4. The van der Waals surface area contributed by atoms with Gasteiger partial charge in [-0.1, -0.05) is 19.8 Å². The summed E-state index contributed by atoms with van der Waals surface area (Å²) in [5, 5.41) is 3.35. The number of hydrogen-bond donors (Lipinski definition) is 1. The fourth-order valence-electron chi connectivity index (χ4n) is 2.39. The minimum atomic E-state index is -0.00934. The molecule has 1 aliphatic rings. The largest absolute Gasteiger partial charge is 0.494 e. The zero-order valence-corrected chi connectivity index (χ0v) is 11.7. The summed E-state index contributed by atoms with van der Waals surface area (Å²) in [6.45, 7) is 3.75. The van der Waals surface area contributed by atoms with E-state index in [0.717, 1.165) is 43.7 Å². The molecule has 0 aliphatic carbocycles. The zero-order chi connectivity index (χ0) is 13.5. The number of carbonyl (C=O) groups is 1. The number of ether oxygens (including phenoxy) is 1. The van der Waals surface area contributed by atoms with Gasteiger partial charge in [0, 0.05) is 5.56 Å². The van der Waals surface area contributed by atoms with Crippen LogP contribution in [0, 0.1) is 0 Å². The number of nitrogens with one attached hydrogen (secondary N) is 1. The summed E-state index contributed by atoms with van der Waals surface area (Å²) < 4.78 is 5.53. The maximum Gasteiger partial charge on any atom is 0.179 e. The molecule has 0 radical (unpaired) electrons. The molecule has 1 aromatic carbocycles. The van der Waals surface area contributed by atoms with Crippen LogP contribution >= 0.6 is 0 Å². The molecular formula is C16H23NO2. The van der Waals surface area contributed by atoms with E-state index in [4.69, 9.17) is 4.74 Å². The highest BCUT2D eigenvalue weighted by molar-refractivity contribution is 6.00. The predicted octanol–water partition coefficient (Wildman–Crippen LogP) is 3.19. The average molecular weight is 261 g/mol. The van der Waals surface area contributed by atoms with Gasteiger partial charge in [-0.25, -0.2) is 0 Å². The molecule has 0 aromatic heterocycles. The van der Waals surface area contributed by atoms with Gasteiger partial charge in [-0.3, -0.25) is 4.79 Å². The molecule has 1 aliphatic heterocycles. The quantitative estimate of drug-likeness (QED) is 0.827. The molecule has 0 amide bonds. The molecule has 104 valence electrons. The average Bonchev–Trinajstić information content (AvgIpc) is 2.74. The first-order chi connectivity index (χ1) is 9.31. The second-order valence-corrected chi connectivity index (χ2v) is 5.09. The van der Waals surface area contributed by atoms with Crippen molar-refractivity contribution in [1.29, 1.82) is 0 Å². The van der Waals surface area contributed by atoms with Crippen LogP contribution in [0.3, 0.4) is 0 Å². The van der Waals surface area contributed by atoms with Crippen LogP contribution in [-0.2, 0) is 0 Å². The summed E-state index contributed by atoms with van der Waals surface area (Å²) in [7, 11) is 0. The molecule has 1 heterocycles. The van der Waals surface area contributed by atoms with Gasteiger partial charge in [0.05, 0.1) is 12.6 Å². The van der Waals surface area contributed by atoms with Gasteiger partial charge in [-0.15, -0.1) is 0 Å². The summed E-state index contributed by atoms with van der Waals surface area (Å²) in [6, 6.07) is 7.52. The first kappa shape index (κ1) is 14.1. The summed E-state index contributed by atoms with van der Waals surface area (Å²) in [6.07, 6.45) is 5.48. The molecule has 0 saturated carbocycles. The molecule has 2 rings (SSSR count). The van der Waals surface area contributed by atoms with E-state index in [9.17, 15) is 4.79 Å².